The van der Waals surface area contributed by atoms with Gasteiger partial charge in [-0.3, -0.25) is 0 Å². The summed E-state index contributed by atoms with van der Waals surface area (Å²) in [6, 6.07) is 20.0. The Morgan fingerprint density at radius 3 is 2.52 bits per heavy atom. The SMILES string of the molecule is CCCOC1(c2ccc(-c3ccccc3)cc2)C[NH+]2CCCCC2CO1.[Cl-]. The van der Waals surface area contributed by atoms with Crippen LogP contribution in [0.25, 0.3) is 11.1 Å². The Morgan fingerprint density at radius 2 is 1.78 bits per heavy atom. The van der Waals surface area contributed by atoms with Gasteiger partial charge in [0.2, 0.25) is 5.79 Å². The van der Waals surface area contributed by atoms with Gasteiger partial charge in [0.05, 0.1) is 13.2 Å². The number of rotatable bonds is 5. The highest BCUT2D eigenvalue weighted by Gasteiger charge is 2.46. The number of fused-ring (bicyclic) bond motifs is 1. The van der Waals surface area contributed by atoms with E-state index >= 15 is 0 Å². The maximum Gasteiger partial charge on any atom is 0.246 e. The van der Waals surface area contributed by atoms with Crippen LogP contribution in [-0.4, -0.2) is 32.3 Å². The van der Waals surface area contributed by atoms with E-state index in [1.807, 2.05) is 0 Å². The molecule has 1 N–H and O–H groups in total. The zero-order chi connectivity index (χ0) is 17.8. The molecule has 0 aliphatic carbocycles. The summed E-state index contributed by atoms with van der Waals surface area (Å²) in [4.78, 5) is 1.66. The summed E-state index contributed by atoms with van der Waals surface area (Å²) in [5.41, 5.74) is 3.63. The molecule has 27 heavy (non-hydrogen) atoms. The average molecular weight is 388 g/mol. The van der Waals surface area contributed by atoms with Crippen molar-refractivity contribution in [3.8, 4) is 11.1 Å². The quantitative estimate of drug-likeness (QED) is 0.802. The minimum Gasteiger partial charge on any atom is -1.00 e. The number of ether oxygens (including phenoxy) is 2. The van der Waals surface area contributed by atoms with Gasteiger partial charge in [-0.25, -0.2) is 0 Å². The monoisotopic (exact) mass is 387 g/mol. The highest BCUT2D eigenvalue weighted by Crippen LogP contribution is 2.31. The average Bonchev–Trinajstić information content (AvgIpc) is 2.73. The largest absolute Gasteiger partial charge is 1.00 e. The van der Waals surface area contributed by atoms with Crippen LogP contribution < -0.4 is 17.3 Å². The molecule has 2 aromatic rings. The summed E-state index contributed by atoms with van der Waals surface area (Å²) < 4.78 is 12.8. The Balaban J connectivity index is 0.00000210. The second kappa shape index (κ2) is 9.20. The molecule has 0 aromatic heterocycles. The number of quaternary nitrogens is 1. The van der Waals surface area contributed by atoms with Crippen molar-refractivity contribution in [3.63, 3.8) is 0 Å². The van der Waals surface area contributed by atoms with Gasteiger partial charge in [-0.2, -0.15) is 0 Å². The third-order valence-corrected chi connectivity index (χ3v) is 5.83. The number of hydrogen-bond donors (Lipinski definition) is 1. The van der Waals surface area contributed by atoms with E-state index in [0.717, 1.165) is 31.7 Å². The number of piperidine rings is 1. The molecule has 0 bridgehead atoms. The van der Waals surface area contributed by atoms with Gasteiger partial charge in [0, 0.05) is 12.0 Å². The van der Waals surface area contributed by atoms with Gasteiger partial charge < -0.3 is 26.8 Å². The van der Waals surface area contributed by atoms with Crippen molar-refractivity contribution in [2.75, 3.05) is 26.3 Å². The molecule has 0 amide bonds. The Morgan fingerprint density at radius 1 is 1.04 bits per heavy atom. The van der Waals surface area contributed by atoms with Crippen LogP contribution >= 0.6 is 0 Å². The fourth-order valence-electron chi connectivity index (χ4n) is 4.35. The number of morpholine rings is 1. The molecule has 3 nitrogen and oxygen atoms in total. The lowest BCUT2D eigenvalue weighted by Gasteiger charge is -2.45. The molecule has 0 saturated carbocycles. The third-order valence-electron chi connectivity index (χ3n) is 5.83. The predicted octanol–water partition coefficient (Wildman–Crippen LogP) is 0.405. The first-order chi connectivity index (χ1) is 12.8. The van der Waals surface area contributed by atoms with Crippen molar-refractivity contribution in [2.24, 2.45) is 0 Å². The van der Waals surface area contributed by atoms with Gasteiger partial charge in [0.25, 0.3) is 0 Å². The minimum atomic E-state index is -0.589. The Hall–Kier alpha value is -1.39. The lowest BCUT2D eigenvalue weighted by atomic mass is 9.95. The Labute approximate surface area is 169 Å². The molecular formula is C23H30ClNO2. The molecule has 4 rings (SSSR count). The first kappa shape index (κ1) is 20.3. The summed E-state index contributed by atoms with van der Waals surface area (Å²) in [5.74, 6) is -0.589. The molecule has 3 atom stereocenters. The van der Waals surface area contributed by atoms with Gasteiger partial charge in [-0.05, 0) is 30.4 Å². The van der Waals surface area contributed by atoms with E-state index < -0.39 is 5.79 Å². The van der Waals surface area contributed by atoms with Crippen LogP contribution in [-0.2, 0) is 15.3 Å². The van der Waals surface area contributed by atoms with E-state index in [4.69, 9.17) is 9.47 Å². The second-order valence-electron chi connectivity index (χ2n) is 7.63. The van der Waals surface area contributed by atoms with Crippen LogP contribution in [0.4, 0.5) is 0 Å². The molecule has 0 spiro atoms. The van der Waals surface area contributed by atoms with E-state index in [1.54, 1.807) is 4.90 Å². The molecule has 4 heteroatoms. The highest BCUT2D eigenvalue weighted by molar-refractivity contribution is 5.63. The normalized spacial score (nSPS) is 27.4. The van der Waals surface area contributed by atoms with E-state index in [0.29, 0.717) is 6.04 Å². The number of halogens is 1. The highest BCUT2D eigenvalue weighted by atomic mass is 35.5. The van der Waals surface area contributed by atoms with Crippen LogP contribution in [0.1, 0.15) is 38.2 Å². The van der Waals surface area contributed by atoms with Crippen LogP contribution in [0.3, 0.4) is 0 Å². The van der Waals surface area contributed by atoms with Gasteiger partial charge >= 0.3 is 0 Å². The van der Waals surface area contributed by atoms with Gasteiger partial charge in [-0.1, -0.05) is 61.5 Å². The molecule has 146 valence electrons. The second-order valence-corrected chi connectivity index (χ2v) is 7.63. The van der Waals surface area contributed by atoms with Crippen molar-refractivity contribution in [1.82, 2.24) is 0 Å². The number of hydrogen-bond acceptors (Lipinski definition) is 2. The zero-order valence-corrected chi connectivity index (χ0v) is 16.9. The van der Waals surface area contributed by atoms with Gasteiger partial charge in [-0.15, -0.1) is 0 Å². The Kier molecular flexibility index (Phi) is 6.93. The molecule has 2 aromatic carbocycles. The van der Waals surface area contributed by atoms with E-state index in [1.165, 1.54) is 36.9 Å². The molecule has 2 fully saturated rings. The maximum absolute atomic E-state index is 6.43. The number of benzene rings is 2. The predicted molar refractivity (Wildman–Crippen MR) is 104 cm³/mol. The Bertz CT molecular complexity index is 706. The maximum atomic E-state index is 6.43. The zero-order valence-electron chi connectivity index (χ0n) is 16.1. The fourth-order valence-corrected chi connectivity index (χ4v) is 4.35. The lowest BCUT2D eigenvalue weighted by Crippen LogP contribution is -3.20. The van der Waals surface area contributed by atoms with Crippen molar-refractivity contribution in [3.05, 3.63) is 60.2 Å². The summed E-state index contributed by atoms with van der Waals surface area (Å²) in [7, 11) is 0. The lowest BCUT2D eigenvalue weighted by molar-refractivity contribution is -0.952. The van der Waals surface area contributed by atoms with Crippen molar-refractivity contribution in [2.45, 2.75) is 44.4 Å². The van der Waals surface area contributed by atoms with Crippen molar-refractivity contribution >= 4 is 0 Å². The summed E-state index contributed by atoms with van der Waals surface area (Å²) in [6.07, 6.45) is 4.95. The van der Waals surface area contributed by atoms with E-state index in [9.17, 15) is 0 Å². The first-order valence-electron chi connectivity index (χ1n) is 10.1. The minimum absolute atomic E-state index is 0. The summed E-state index contributed by atoms with van der Waals surface area (Å²) >= 11 is 0. The van der Waals surface area contributed by atoms with Gasteiger partial charge in [0.1, 0.15) is 19.2 Å². The smallest absolute Gasteiger partial charge is 0.246 e. The molecular weight excluding hydrogens is 358 g/mol. The first-order valence-corrected chi connectivity index (χ1v) is 10.1. The molecule has 2 aliphatic heterocycles. The molecule has 3 unspecified atom stereocenters. The van der Waals surface area contributed by atoms with Crippen LogP contribution in [0.5, 0.6) is 0 Å². The van der Waals surface area contributed by atoms with E-state index in [-0.39, 0.29) is 12.4 Å². The van der Waals surface area contributed by atoms with Crippen LogP contribution in [0, 0.1) is 0 Å². The van der Waals surface area contributed by atoms with Crippen molar-refractivity contribution in [1.29, 1.82) is 0 Å². The fraction of sp³-hybridized carbons (Fsp3) is 0.478. The topological polar surface area (TPSA) is 22.9 Å². The third kappa shape index (κ3) is 4.38. The standard InChI is InChI=1S/C23H29NO2.ClH/c1-2-16-25-23(18-24-15-7-6-10-22(24)17-26-23)21-13-11-20(12-14-21)19-8-4-3-5-9-19;/h3-5,8-9,11-14,22H,2,6-7,10,15-18H2,1H3;1H. The molecule has 2 aliphatic rings. The molecule has 0 radical (unpaired) electrons. The van der Waals surface area contributed by atoms with E-state index in [2.05, 4.69) is 61.5 Å². The summed E-state index contributed by atoms with van der Waals surface area (Å²) in [5, 5.41) is 0. The van der Waals surface area contributed by atoms with Crippen LogP contribution in [0.2, 0.25) is 0 Å². The molecule has 2 saturated heterocycles. The van der Waals surface area contributed by atoms with Crippen molar-refractivity contribution < 1.29 is 26.8 Å². The van der Waals surface area contributed by atoms with Crippen LogP contribution in [0.15, 0.2) is 54.6 Å². The summed E-state index contributed by atoms with van der Waals surface area (Å²) in [6.45, 7) is 5.86. The molecule has 2 heterocycles. The van der Waals surface area contributed by atoms with Gasteiger partial charge in [0.15, 0.2) is 0 Å². The number of nitrogens with one attached hydrogen (secondary N) is 1.